The lowest BCUT2D eigenvalue weighted by molar-refractivity contribution is 0.0316. The topological polar surface area (TPSA) is 73.6 Å². The first-order valence-corrected chi connectivity index (χ1v) is 8.69. The second-order valence-electron chi connectivity index (χ2n) is 6.26. The van der Waals surface area contributed by atoms with E-state index in [9.17, 15) is 9.65 Å². The van der Waals surface area contributed by atoms with Crippen LogP contribution in [0, 0.1) is 17.1 Å². The molecule has 142 valence electrons. The minimum Gasteiger partial charge on any atom is -0.497 e. The van der Waals surface area contributed by atoms with Gasteiger partial charge in [-0.2, -0.15) is 5.26 Å². The summed E-state index contributed by atoms with van der Waals surface area (Å²) in [6.07, 6.45) is -0.191. The van der Waals surface area contributed by atoms with Gasteiger partial charge < -0.3 is 18.9 Å². The summed E-state index contributed by atoms with van der Waals surface area (Å²) >= 11 is 0. The maximum absolute atomic E-state index is 13.8. The molecule has 1 aliphatic rings. The fraction of sp³-hybridized carbons (Fsp3) is 0.238. The van der Waals surface area contributed by atoms with E-state index in [0.29, 0.717) is 40.1 Å². The number of hydrogen-bond donors (Lipinski definition) is 0. The Hall–Kier alpha value is -3.21. The third-order valence-electron chi connectivity index (χ3n) is 4.49. The lowest BCUT2D eigenvalue weighted by Gasteiger charge is -2.16. The van der Waals surface area contributed by atoms with E-state index in [1.54, 1.807) is 31.4 Å². The summed E-state index contributed by atoms with van der Waals surface area (Å²) in [7, 11) is 1.56. The van der Waals surface area contributed by atoms with Gasteiger partial charge in [0.15, 0.2) is 5.69 Å². The van der Waals surface area contributed by atoms with Crippen LogP contribution in [0.3, 0.4) is 0 Å². The third kappa shape index (κ3) is 3.48. The summed E-state index contributed by atoms with van der Waals surface area (Å²) in [6, 6.07) is 13.6. The maximum Gasteiger partial charge on any atom is 0.222 e. The molecular weight excluding hydrogens is 363 g/mol. The van der Waals surface area contributed by atoms with Gasteiger partial charge in [0, 0.05) is 16.3 Å². The standard InChI is InChI=1S/C21H17FN2O4/c1-25-15-5-6-17-18(8-15)20(13-3-2-4-14(22)7-13)19(9-23)24-21(17)27-11-16-10-26-12-28-16/h2-8,16H,10-12H2,1H3/t16-/m1/s1. The molecule has 0 bridgehead atoms. The Kier molecular flexibility index (Phi) is 5.06. The largest absolute Gasteiger partial charge is 0.497 e. The number of methoxy groups -OCH3 is 1. The van der Waals surface area contributed by atoms with Gasteiger partial charge >= 0.3 is 0 Å². The number of nitrogens with zero attached hydrogens (tertiary/aromatic N) is 2. The maximum atomic E-state index is 13.8. The van der Waals surface area contributed by atoms with E-state index in [-0.39, 0.29) is 25.2 Å². The number of rotatable bonds is 5. The summed E-state index contributed by atoms with van der Waals surface area (Å²) in [4.78, 5) is 4.40. The van der Waals surface area contributed by atoms with Crippen LogP contribution in [0.15, 0.2) is 42.5 Å². The van der Waals surface area contributed by atoms with Crippen LogP contribution in [0.4, 0.5) is 4.39 Å². The van der Waals surface area contributed by atoms with Gasteiger partial charge in [0.2, 0.25) is 5.88 Å². The van der Waals surface area contributed by atoms with Gasteiger partial charge in [-0.1, -0.05) is 12.1 Å². The molecular formula is C21H17FN2O4. The predicted molar refractivity (Wildman–Crippen MR) is 99.6 cm³/mol. The summed E-state index contributed by atoms with van der Waals surface area (Å²) in [6.45, 7) is 0.928. The van der Waals surface area contributed by atoms with E-state index < -0.39 is 5.82 Å². The fourth-order valence-corrected chi connectivity index (χ4v) is 3.16. The number of hydrogen-bond acceptors (Lipinski definition) is 6. The Labute approximate surface area is 161 Å². The predicted octanol–water partition coefficient (Wildman–Crippen LogP) is 3.67. The summed E-state index contributed by atoms with van der Waals surface area (Å²) in [5, 5.41) is 11.1. The third-order valence-corrected chi connectivity index (χ3v) is 4.49. The van der Waals surface area contributed by atoms with Gasteiger partial charge in [0.25, 0.3) is 0 Å². The first kappa shape index (κ1) is 18.2. The van der Waals surface area contributed by atoms with Crippen molar-refractivity contribution in [2.45, 2.75) is 6.10 Å². The van der Waals surface area contributed by atoms with Crippen LogP contribution >= 0.6 is 0 Å². The summed E-state index contributed by atoms with van der Waals surface area (Å²) in [5.74, 6) is 0.528. The molecule has 6 nitrogen and oxygen atoms in total. The van der Waals surface area contributed by atoms with Gasteiger partial charge in [0.05, 0.1) is 13.7 Å². The molecule has 7 heteroatoms. The molecule has 0 saturated carbocycles. The average Bonchev–Trinajstić information content (AvgIpc) is 3.24. The smallest absolute Gasteiger partial charge is 0.222 e. The van der Waals surface area contributed by atoms with Crippen molar-refractivity contribution in [3.63, 3.8) is 0 Å². The van der Waals surface area contributed by atoms with Crippen molar-refractivity contribution in [3.05, 3.63) is 54.0 Å². The second kappa shape index (κ2) is 7.80. The zero-order valence-electron chi connectivity index (χ0n) is 15.1. The van der Waals surface area contributed by atoms with E-state index in [1.807, 2.05) is 6.07 Å². The van der Waals surface area contributed by atoms with E-state index >= 15 is 0 Å². The molecule has 1 atom stereocenters. The van der Waals surface area contributed by atoms with Crippen molar-refractivity contribution in [1.82, 2.24) is 4.98 Å². The lowest BCUT2D eigenvalue weighted by Crippen LogP contribution is -2.20. The normalized spacial score (nSPS) is 16.1. The number of pyridine rings is 1. The molecule has 0 radical (unpaired) electrons. The highest BCUT2D eigenvalue weighted by molar-refractivity contribution is 6.01. The van der Waals surface area contributed by atoms with Crippen LogP contribution in [0.1, 0.15) is 5.69 Å². The van der Waals surface area contributed by atoms with Crippen molar-refractivity contribution in [2.75, 3.05) is 27.1 Å². The van der Waals surface area contributed by atoms with E-state index in [1.165, 1.54) is 12.1 Å². The Bertz CT molecular complexity index is 1060. The lowest BCUT2D eigenvalue weighted by atomic mass is 9.97. The Morgan fingerprint density at radius 1 is 1.25 bits per heavy atom. The van der Waals surface area contributed by atoms with Crippen molar-refractivity contribution < 1.29 is 23.3 Å². The van der Waals surface area contributed by atoms with Crippen molar-refractivity contribution in [1.29, 1.82) is 5.26 Å². The van der Waals surface area contributed by atoms with E-state index in [2.05, 4.69) is 11.1 Å². The monoisotopic (exact) mass is 380 g/mol. The molecule has 0 N–H and O–H groups in total. The van der Waals surface area contributed by atoms with Crippen LogP contribution < -0.4 is 9.47 Å². The number of nitriles is 1. The molecule has 1 aromatic heterocycles. The van der Waals surface area contributed by atoms with Crippen molar-refractivity contribution in [2.24, 2.45) is 0 Å². The van der Waals surface area contributed by atoms with E-state index in [4.69, 9.17) is 18.9 Å². The molecule has 2 aromatic carbocycles. The van der Waals surface area contributed by atoms with Gasteiger partial charge in [0.1, 0.15) is 37.1 Å². The number of ether oxygens (including phenoxy) is 4. The highest BCUT2D eigenvalue weighted by Gasteiger charge is 2.21. The Morgan fingerprint density at radius 2 is 2.14 bits per heavy atom. The number of fused-ring (bicyclic) bond motifs is 1. The average molecular weight is 380 g/mol. The van der Waals surface area contributed by atoms with Crippen LogP contribution in [-0.2, 0) is 9.47 Å². The zero-order chi connectivity index (χ0) is 19.5. The first-order valence-electron chi connectivity index (χ1n) is 8.69. The van der Waals surface area contributed by atoms with Crippen LogP contribution in [0.5, 0.6) is 11.6 Å². The molecule has 3 aromatic rings. The van der Waals surface area contributed by atoms with Gasteiger partial charge in [-0.3, -0.25) is 0 Å². The number of halogens is 1. The molecule has 2 heterocycles. The SMILES string of the molecule is COc1ccc2c(OC[C@H]3COCO3)nc(C#N)c(-c3cccc(F)c3)c2c1. The first-order chi connectivity index (χ1) is 13.7. The number of aromatic nitrogens is 1. The Balaban J connectivity index is 1.88. The quantitative estimate of drug-likeness (QED) is 0.672. The summed E-state index contributed by atoms with van der Waals surface area (Å²) < 4.78 is 35.6. The highest BCUT2D eigenvalue weighted by Crippen LogP contribution is 2.37. The molecule has 1 aliphatic heterocycles. The van der Waals surface area contributed by atoms with Gasteiger partial charge in [-0.25, -0.2) is 9.37 Å². The summed E-state index contributed by atoms with van der Waals surface area (Å²) in [5.41, 5.74) is 1.23. The van der Waals surface area contributed by atoms with Crippen LogP contribution in [0.2, 0.25) is 0 Å². The highest BCUT2D eigenvalue weighted by atomic mass is 19.1. The van der Waals surface area contributed by atoms with Crippen LogP contribution in [-0.4, -0.2) is 38.2 Å². The molecule has 1 saturated heterocycles. The van der Waals surface area contributed by atoms with Gasteiger partial charge in [-0.05, 0) is 35.9 Å². The minimum atomic E-state index is -0.392. The second-order valence-corrected chi connectivity index (χ2v) is 6.26. The molecule has 1 fully saturated rings. The van der Waals surface area contributed by atoms with Crippen molar-refractivity contribution in [3.8, 4) is 28.8 Å². The van der Waals surface area contributed by atoms with Gasteiger partial charge in [-0.15, -0.1) is 0 Å². The molecule has 28 heavy (non-hydrogen) atoms. The number of benzene rings is 2. The van der Waals surface area contributed by atoms with E-state index in [0.717, 1.165) is 0 Å². The fourth-order valence-electron chi connectivity index (χ4n) is 3.16. The van der Waals surface area contributed by atoms with Crippen LogP contribution in [0.25, 0.3) is 21.9 Å². The molecule has 0 amide bonds. The Morgan fingerprint density at radius 3 is 2.86 bits per heavy atom. The molecule has 0 unspecified atom stereocenters. The molecule has 0 aliphatic carbocycles. The van der Waals surface area contributed by atoms with Crippen molar-refractivity contribution >= 4 is 10.8 Å². The minimum absolute atomic E-state index is 0.143. The molecule has 0 spiro atoms. The molecule has 4 rings (SSSR count). The zero-order valence-corrected chi connectivity index (χ0v) is 15.1.